The molecule has 134 valence electrons. The van der Waals surface area contributed by atoms with Crippen molar-refractivity contribution < 1.29 is 19.0 Å². The minimum Gasteiger partial charge on any atom is -0.496 e. The van der Waals surface area contributed by atoms with E-state index in [1.54, 1.807) is 26.0 Å². The molecular formula is C18H27NO4S. The van der Waals surface area contributed by atoms with Crippen LogP contribution < -0.4 is 9.47 Å². The SMILES string of the molecule is CCCOCCCN1C(=O)CCSC1c1c(OC)cccc1OC. The van der Waals surface area contributed by atoms with Crippen molar-refractivity contribution in [2.45, 2.75) is 31.6 Å². The maximum Gasteiger partial charge on any atom is 0.224 e. The van der Waals surface area contributed by atoms with Crippen molar-refractivity contribution in [1.29, 1.82) is 0 Å². The Morgan fingerprint density at radius 3 is 2.54 bits per heavy atom. The van der Waals surface area contributed by atoms with Crippen LogP contribution in [-0.2, 0) is 9.53 Å². The summed E-state index contributed by atoms with van der Waals surface area (Å²) in [6.07, 6.45) is 2.42. The molecule has 1 heterocycles. The van der Waals surface area contributed by atoms with Crippen LogP contribution in [0.15, 0.2) is 18.2 Å². The number of ether oxygens (including phenoxy) is 3. The summed E-state index contributed by atoms with van der Waals surface area (Å²) in [4.78, 5) is 14.4. The number of amides is 1. The van der Waals surface area contributed by atoms with Gasteiger partial charge in [-0.25, -0.2) is 0 Å². The third-order valence-corrected chi connectivity index (χ3v) is 5.19. The fourth-order valence-electron chi connectivity index (χ4n) is 2.81. The van der Waals surface area contributed by atoms with Crippen LogP contribution in [0.3, 0.4) is 0 Å². The predicted molar refractivity (Wildman–Crippen MR) is 96.8 cm³/mol. The normalized spacial score (nSPS) is 17.9. The maximum absolute atomic E-state index is 12.5. The van der Waals surface area contributed by atoms with Crippen LogP contribution in [0.2, 0.25) is 0 Å². The molecule has 24 heavy (non-hydrogen) atoms. The standard InChI is InChI=1S/C18H27NO4S/c1-4-11-23-12-6-10-19-16(20)9-13-24-18(19)17-14(21-2)7-5-8-15(17)22-3/h5,7-8,18H,4,6,9-13H2,1-3H3. The van der Waals surface area contributed by atoms with Gasteiger partial charge in [-0.05, 0) is 25.0 Å². The minimum absolute atomic E-state index is 0.0801. The summed E-state index contributed by atoms with van der Waals surface area (Å²) in [6.45, 7) is 4.22. The first kappa shape index (κ1) is 18.9. The number of benzene rings is 1. The highest BCUT2D eigenvalue weighted by Crippen LogP contribution is 2.45. The Labute approximate surface area is 148 Å². The molecule has 5 nitrogen and oxygen atoms in total. The van der Waals surface area contributed by atoms with Gasteiger partial charge >= 0.3 is 0 Å². The van der Waals surface area contributed by atoms with Gasteiger partial charge in [0.2, 0.25) is 5.91 Å². The second-order valence-corrected chi connectivity index (χ2v) is 6.79. The van der Waals surface area contributed by atoms with E-state index in [2.05, 4.69) is 6.92 Å². The third-order valence-electron chi connectivity index (χ3n) is 3.94. The Hall–Kier alpha value is -1.40. The van der Waals surface area contributed by atoms with E-state index in [0.717, 1.165) is 42.3 Å². The molecule has 0 N–H and O–H groups in total. The number of hydrogen-bond acceptors (Lipinski definition) is 5. The number of thioether (sulfide) groups is 1. The summed E-state index contributed by atoms with van der Waals surface area (Å²) >= 11 is 1.76. The first-order valence-electron chi connectivity index (χ1n) is 8.42. The second kappa shape index (κ2) is 9.79. The van der Waals surface area contributed by atoms with Crippen LogP contribution in [-0.4, -0.2) is 50.5 Å². The van der Waals surface area contributed by atoms with E-state index in [1.807, 2.05) is 23.1 Å². The van der Waals surface area contributed by atoms with Crippen molar-refractivity contribution in [3.63, 3.8) is 0 Å². The van der Waals surface area contributed by atoms with Crippen molar-refractivity contribution >= 4 is 17.7 Å². The zero-order valence-electron chi connectivity index (χ0n) is 14.7. The average Bonchev–Trinajstić information content (AvgIpc) is 2.61. The van der Waals surface area contributed by atoms with Crippen LogP contribution in [0.4, 0.5) is 0 Å². The molecule has 1 aromatic rings. The van der Waals surface area contributed by atoms with Gasteiger partial charge in [0.25, 0.3) is 0 Å². The van der Waals surface area contributed by atoms with E-state index in [9.17, 15) is 4.79 Å². The van der Waals surface area contributed by atoms with Crippen LogP contribution in [0, 0.1) is 0 Å². The second-order valence-electron chi connectivity index (χ2n) is 5.60. The van der Waals surface area contributed by atoms with E-state index >= 15 is 0 Å². The summed E-state index contributed by atoms with van der Waals surface area (Å²) in [7, 11) is 3.30. The highest BCUT2D eigenvalue weighted by Gasteiger charge is 2.33. The fourth-order valence-corrected chi connectivity index (χ4v) is 4.13. The van der Waals surface area contributed by atoms with Crippen molar-refractivity contribution in [3.05, 3.63) is 23.8 Å². The topological polar surface area (TPSA) is 48.0 Å². The number of carbonyl (C=O) groups excluding carboxylic acids is 1. The summed E-state index contributed by atoms with van der Waals surface area (Å²) in [5.41, 5.74) is 0.940. The van der Waals surface area contributed by atoms with Gasteiger partial charge in [-0.1, -0.05) is 13.0 Å². The number of rotatable bonds is 9. The summed E-state index contributed by atoms with van der Waals surface area (Å²) in [5, 5.41) is -0.0801. The van der Waals surface area contributed by atoms with Gasteiger partial charge in [0, 0.05) is 31.9 Å². The van der Waals surface area contributed by atoms with Crippen molar-refractivity contribution in [2.24, 2.45) is 0 Å². The molecule has 1 unspecified atom stereocenters. The lowest BCUT2D eigenvalue weighted by Crippen LogP contribution is -2.38. The van der Waals surface area contributed by atoms with E-state index in [1.165, 1.54) is 0 Å². The van der Waals surface area contributed by atoms with Crippen molar-refractivity contribution in [3.8, 4) is 11.5 Å². The number of hydrogen-bond donors (Lipinski definition) is 0. The van der Waals surface area contributed by atoms with Gasteiger partial charge in [0.15, 0.2) is 0 Å². The van der Waals surface area contributed by atoms with E-state index in [-0.39, 0.29) is 11.3 Å². The molecule has 1 fully saturated rings. The van der Waals surface area contributed by atoms with E-state index in [4.69, 9.17) is 14.2 Å². The van der Waals surface area contributed by atoms with Crippen LogP contribution >= 0.6 is 11.8 Å². The summed E-state index contributed by atoms with van der Waals surface area (Å²) < 4.78 is 16.6. The number of carbonyl (C=O) groups is 1. The molecule has 0 aromatic heterocycles. The quantitative estimate of drug-likeness (QED) is 0.636. The summed E-state index contributed by atoms with van der Waals surface area (Å²) in [5.74, 6) is 2.51. The molecule has 1 aromatic carbocycles. The van der Waals surface area contributed by atoms with Crippen LogP contribution in [0.5, 0.6) is 11.5 Å². The third kappa shape index (κ3) is 4.57. The van der Waals surface area contributed by atoms with E-state index in [0.29, 0.717) is 19.6 Å². The molecule has 1 aliphatic rings. The van der Waals surface area contributed by atoms with E-state index < -0.39 is 0 Å². The Morgan fingerprint density at radius 1 is 1.21 bits per heavy atom. The maximum atomic E-state index is 12.5. The first-order valence-corrected chi connectivity index (χ1v) is 9.47. The Morgan fingerprint density at radius 2 is 1.92 bits per heavy atom. The van der Waals surface area contributed by atoms with Gasteiger partial charge in [-0.2, -0.15) is 0 Å². The molecule has 0 spiro atoms. The Balaban J connectivity index is 2.17. The Bertz CT molecular complexity index is 516. The molecule has 1 aliphatic heterocycles. The lowest BCUT2D eigenvalue weighted by molar-refractivity contribution is -0.132. The molecular weight excluding hydrogens is 326 g/mol. The van der Waals surface area contributed by atoms with Gasteiger partial charge in [0.05, 0.1) is 19.8 Å². The lowest BCUT2D eigenvalue weighted by Gasteiger charge is -2.36. The van der Waals surface area contributed by atoms with Crippen molar-refractivity contribution in [2.75, 3.05) is 39.7 Å². The average molecular weight is 353 g/mol. The fraction of sp³-hybridized carbons (Fsp3) is 0.611. The van der Waals surface area contributed by atoms with Gasteiger partial charge < -0.3 is 19.1 Å². The van der Waals surface area contributed by atoms with Crippen LogP contribution in [0.25, 0.3) is 0 Å². The molecule has 1 saturated heterocycles. The highest BCUT2D eigenvalue weighted by molar-refractivity contribution is 7.99. The number of methoxy groups -OCH3 is 2. The van der Waals surface area contributed by atoms with Gasteiger partial charge in [0.1, 0.15) is 16.9 Å². The molecule has 6 heteroatoms. The zero-order valence-corrected chi connectivity index (χ0v) is 15.6. The first-order chi connectivity index (χ1) is 11.7. The molecule has 0 radical (unpaired) electrons. The molecule has 0 bridgehead atoms. The molecule has 1 amide bonds. The largest absolute Gasteiger partial charge is 0.496 e. The molecule has 0 saturated carbocycles. The molecule has 1 atom stereocenters. The molecule has 2 rings (SSSR count). The summed E-state index contributed by atoms with van der Waals surface area (Å²) in [6, 6.07) is 5.74. The zero-order chi connectivity index (χ0) is 17.4. The predicted octanol–water partition coefficient (Wildman–Crippen LogP) is 3.48. The lowest BCUT2D eigenvalue weighted by atomic mass is 10.1. The van der Waals surface area contributed by atoms with Gasteiger partial charge in [-0.15, -0.1) is 11.8 Å². The smallest absolute Gasteiger partial charge is 0.224 e. The van der Waals surface area contributed by atoms with Crippen molar-refractivity contribution in [1.82, 2.24) is 4.90 Å². The van der Waals surface area contributed by atoms with Gasteiger partial charge in [-0.3, -0.25) is 4.79 Å². The van der Waals surface area contributed by atoms with Crippen LogP contribution in [0.1, 0.15) is 37.1 Å². The molecule has 0 aliphatic carbocycles. The minimum atomic E-state index is -0.0801. The highest BCUT2D eigenvalue weighted by atomic mass is 32.2. The Kier molecular flexibility index (Phi) is 7.72. The number of nitrogens with zero attached hydrogens (tertiary/aromatic N) is 1. The monoisotopic (exact) mass is 353 g/mol.